The van der Waals surface area contributed by atoms with Gasteiger partial charge in [0.2, 0.25) is 0 Å². The van der Waals surface area contributed by atoms with Crippen LogP contribution in [0, 0.1) is 7.14 Å². The van der Waals surface area contributed by atoms with Crippen LogP contribution in [0.25, 0.3) is 0 Å². The fourth-order valence-corrected chi connectivity index (χ4v) is 5.82. The Labute approximate surface area is 245 Å². The molecule has 200 valence electrons. The summed E-state index contributed by atoms with van der Waals surface area (Å²) in [5, 5.41) is 3.60. The Hall–Kier alpha value is -1.29. The summed E-state index contributed by atoms with van der Waals surface area (Å²) in [7, 11) is -3.47. The lowest BCUT2D eigenvalue weighted by atomic mass is 10.2. The molecule has 2 atom stereocenters. The van der Waals surface area contributed by atoms with E-state index in [9.17, 15) is 18.0 Å². The zero-order chi connectivity index (χ0) is 26.6. The van der Waals surface area contributed by atoms with Crippen LogP contribution in [0.15, 0.2) is 48.5 Å². The molecule has 2 saturated heterocycles. The van der Waals surface area contributed by atoms with Gasteiger partial charge in [-0.05, 0) is 119 Å². The van der Waals surface area contributed by atoms with Crippen LogP contribution >= 0.6 is 45.2 Å². The minimum absolute atomic E-state index is 0.0870. The summed E-state index contributed by atoms with van der Waals surface area (Å²) < 4.78 is 29.2. The molecule has 2 amide bonds. The van der Waals surface area contributed by atoms with Gasteiger partial charge in [0, 0.05) is 56.5 Å². The van der Waals surface area contributed by atoms with E-state index < -0.39 is 16.2 Å². The highest BCUT2D eigenvalue weighted by Gasteiger charge is 2.31. The first kappa shape index (κ1) is 28.7. The number of carbonyl (C=O) groups excluding carboxylic acids is 2. The molecule has 3 fully saturated rings. The predicted octanol–water partition coefficient (Wildman–Crippen LogP) is 3.74. The molecule has 2 aromatic carbocycles. The summed E-state index contributed by atoms with van der Waals surface area (Å²) in [5.74, 6) is 0.0856. The maximum atomic E-state index is 12.3. The predicted molar refractivity (Wildman–Crippen MR) is 159 cm³/mol. The third-order valence-electron chi connectivity index (χ3n) is 6.45. The molecule has 3 aliphatic rings. The molecule has 1 N–H and O–H groups in total. The Morgan fingerprint density at radius 3 is 1.76 bits per heavy atom. The Morgan fingerprint density at radius 1 is 0.784 bits per heavy atom. The van der Waals surface area contributed by atoms with Gasteiger partial charge in [-0.1, -0.05) is 0 Å². The van der Waals surface area contributed by atoms with Crippen molar-refractivity contribution in [2.75, 3.05) is 32.4 Å². The third-order valence-corrected chi connectivity index (χ3v) is 8.51. The molecule has 0 unspecified atom stereocenters. The van der Waals surface area contributed by atoms with E-state index >= 15 is 0 Å². The molecule has 0 aromatic heterocycles. The number of amides is 2. The highest BCUT2D eigenvalue weighted by molar-refractivity contribution is 14.1. The standard InChI is InChI=1S/C14H17IN2O.C12H14INO4S/c15-11-3-1-10(2-4-11)14(18)17-8-7-13(9-17)16-12-5-6-12;1-19(16,17)18-11-6-7-14(8-11)12(15)9-2-4-10(13)5-3-9/h1-4,12-13,16H,5-9H2;2-5,11H,6-8H2,1H3/t13-;11-/m01/s1. The van der Waals surface area contributed by atoms with Gasteiger partial charge >= 0.3 is 0 Å². The summed E-state index contributed by atoms with van der Waals surface area (Å²) in [6.07, 6.45) is 4.85. The molecule has 8 nitrogen and oxygen atoms in total. The van der Waals surface area contributed by atoms with E-state index in [4.69, 9.17) is 4.18 Å². The molecule has 0 spiro atoms. The lowest BCUT2D eigenvalue weighted by Gasteiger charge is -2.17. The van der Waals surface area contributed by atoms with E-state index in [1.165, 1.54) is 16.4 Å². The smallest absolute Gasteiger partial charge is 0.264 e. The van der Waals surface area contributed by atoms with Gasteiger partial charge < -0.3 is 15.1 Å². The lowest BCUT2D eigenvalue weighted by molar-refractivity contribution is 0.0771. The van der Waals surface area contributed by atoms with Crippen molar-refractivity contribution in [3.63, 3.8) is 0 Å². The Morgan fingerprint density at radius 2 is 1.27 bits per heavy atom. The second kappa shape index (κ2) is 12.7. The van der Waals surface area contributed by atoms with Gasteiger partial charge in [0.1, 0.15) is 0 Å². The molecule has 0 bridgehead atoms. The summed E-state index contributed by atoms with van der Waals surface area (Å²) in [5.41, 5.74) is 1.42. The monoisotopic (exact) mass is 751 g/mol. The van der Waals surface area contributed by atoms with E-state index in [1.807, 2.05) is 41.3 Å². The van der Waals surface area contributed by atoms with Crippen LogP contribution in [-0.4, -0.2) is 80.7 Å². The second-order valence-corrected chi connectivity index (χ2v) is 13.7. The number of carbonyl (C=O) groups is 2. The topological polar surface area (TPSA) is 96.0 Å². The number of halogens is 2. The third kappa shape index (κ3) is 8.87. The second-order valence-electron chi connectivity index (χ2n) is 9.65. The fraction of sp³-hybridized carbons (Fsp3) is 0.462. The number of likely N-dealkylation sites (tertiary alicyclic amines) is 2. The summed E-state index contributed by atoms with van der Waals surface area (Å²) >= 11 is 4.43. The number of hydrogen-bond donors (Lipinski definition) is 1. The number of benzene rings is 2. The van der Waals surface area contributed by atoms with Crippen LogP contribution in [0.2, 0.25) is 0 Å². The zero-order valence-electron chi connectivity index (χ0n) is 20.6. The Balaban J connectivity index is 0.000000173. The van der Waals surface area contributed by atoms with Crippen molar-refractivity contribution in [3.05, 3.63) is 66.8 Å². The van der Waals surface area contributed by atoms with Crippen LogP contribution in [-0.2, 0) is 14.3 Å². The zero-order valence-corrected chi connectivity index (χ0v) is 25.7. The molecule has 2 aromatic rings. The van der Waals surface area contributed by atoms with Gasteiger partial charge in [0.25, 0.3) is 21.9 Å². The minimum atomic E-state index is -3.47. The highest BCUT2D eigenvalue weighted by Crippen LogP contribution is 2.23. The Kier molecular flexibility index (Phi) is 9.86. The van der Waals surface area contributed by atoms with E-state index in [0.717, 1.165) is 40.9 Å². The number of nitrogens with zero attached hydrogens (tertiary/aromatic N) is 2. The average molecular weight is 751 g/mol. The molecule has 1 aliphatic carbocycles. The quantitative estimate of drug-likeness (QED) is 0.358. The van der Waals surface area contributed by atoms with Crippen molar-refractivity contribution in [3.8, 4) is 0 Å². The number of nitrogens with one attached hydrogen (secondary N) is 1. The van der Waals surface area contributed by atoms with Gasteiger partial charge in [-0.15, -0.1) is 0 Å². The molecule has 11 heteroatoms. The van der Waals surface area contributed by atoms with Gasteiger partial charge in [-0.2, -0.15) is 8.42 Å². The maximum absolute atomic E-state index is 12.3. The first-order valence-electron chi connectivity index (χ1n) is 12.3. The molecule has 37 heavy (non-hydrogen) atoms. The normalized spacial score (nSPS) is 21.5. The van der Waals surface area contributed by atoms with E-state index in [2.05, 4.69) is 50.5 Å². The molecule has 1 saturated carbocycles. The van der Waals surface area contributed by atoms with E-state index in [-0.39, 0.29) is 11.8 Å². The SMILES string of the molecule is CS(=O)(=O)O[C@@H]1CCN(C(=O)c2ccc(I)cc2)C1.O=C(c1ccc(I)cc1)N1CC[C@H](NC2CC2)C1. The van der Waals surface area contributed by atoms with Gasteiger partial charge in [0.15, 0.2) is 0 Å². The molecule has 0 radical (unpaired) electrons. The summed E-state index contributed by atoms with van der Waals surface area (Å²) in [6.45, 7) is 2.58. The van der Waals surface area contributed by atoms with Crippen molar-refractivity contribution >= 4 is 67.1 Å². The van der Waals surface area contributed by atoms with Crippen LogP contribution in [0.1, 0.15) is 46.4 Å². The van der Waals surface area contributed by atoms with Crippen molar-refractivity contribution in [2.45, 2.75) is 43.9 Å². The maximum Gasteiger partial charge on any atom is 0.264 e. The van der Waals surface area contributed by atoms with Crippen LogP contribution in [0.5, 0.6) is 0 Å². The number of rotatable bonds is 6. The fourth-order valence-electron chi connectivity index (χ4n) is 4.45. The van der Waals surface area contributed by atoms with Crippen molar-refractivity contribution in [2.24, 2.45) is 0 Å². The van der Waals surface area contributed by atoms with Gasteiger partial charge in [0.05, 0.1) is 12.4 Å². The highest BCUT2D eigenvalue weighted by atomic mass is 127. The van der Waals surface area contributed by atoms with Crippen LogP contribution in [0.3, 0.4) is 0 Å². The molecule has 2 aliphatic heterocycles. The van der Waals surface area contributed by atoms with Gasteiger partial charge in [-0.3, -0.25) is 13.8 Å². The first-order valence-corrected chi connectivity index (χ1v) is 16.3. The summed E-state index contributed by atoms with van der Waals surface area (Å²) in [4.78, 5) is 28.1. The molecule has 5 rings (SSSR count). The van der Waals surface area contributed by atoms with Crippen LogP contribution < -0.4 is 5.32 Å². The largest absolute Gasteiger partial charge is 0.337 e. The Bertz CT molecular complexity index is 1200. The average Bonchev–Trinajstić information content (AvgIpc) is 3.34. The summed E-state index contributed by atoms with van der Waals surface area (Å²) in [6, 6.07) is 16.3. The van der Waals surface area contributed by atoms with E-state index in [1.54, 1.807) is 17.0 Å². The van der Waals surface area contributed by atoms with Crippen LogP contribution in [0.4, 0.5) is 0 Å². The minimum Gasteiger partial charge on any atom is -0.337 e. The lowest BCUT2D eigenvalue weighted by Crippen LogP contribution is -2.36. The van der Waals surface area contributed by atoms with Crippen molar-refractivity contribution in [1.29, 1.82) is 0 Å². The molecule has 2 heterocycles. The number of hydrogen-bond acceptors (Lipinski definition) is 6. The van der Waals surface area contributed by atoms with Crippen molar-refractivity contribution in [1.82, 2.24) is 15.1 Å². The first-order chi connectivity index (χ1) is 17.6. The van der Waals surface area contributed by atoms with Crippen molar-refractivity contribution < 1.29 is 22.2 Å². The van der Waals surface area contributed by atoms with E-state index in [0.29, 0.717) is 31.1 Å². The molecular formula is C26H31I2N3O5S. The van der Waals surface area contributed by atoms with Gasteiger partial charge in [-0.25, -0.2) is 0 Å². The molecular weight excluding hydrogens is 720 g/mol.